The molecule has 2 aliphatic heterocycles. The monoisotopic (exact) mass is 383 g/mol. The van der Waals surface area contributed by atoms with Gasteiger partial charge in [-0.15, -0.1) is 6.42 Å². The number of hydrogen-bond donors (Lipinski definition) is 1. The minimum Gasteiger partial charge on any atom is -0.493 e. The standard InChI is InChI=1S/C20H21N3O5/c1-3-10-22(2)11-5-12-28-15-7-4-6-13-17(15)20(27)23(19(13)26)14-8-9-16(24)21-18(14)25/h1,4,6-7,14H,5,8-12H2,2H3,(H,21,24,25). The van der Waals surface area contributed by atoms with E-state index in [2.05, 4.69) is 11.2 Å². The van der Waals surface area contributed by atoms with E-state index >= 15 is 0 Å². The van der Waals surface area contributed by atoms with Crippen molar-refractivity contribution in [2.24, 2.45) is 0 Å². The molecule has 1 unspecified atom stereocenters. The lowest BCUT2D eigenvalue weighted by Gasteiger charge is -2.27. The summed E-state index contributed by atoms with van der Waals surface area (Å²) < 4.78 is 5.74. The van der Waals surface area contributed by atoms with Gasteiger partial charge in [-0.3, -0.25) is 34.3 Å². The van der Waals surface area contributed by atoms with Crippen LogP contribution < -0.4 is 10.1 Å². The Balaban J connectivity index is 1.72. The number of ether oxygens (including phenoxy) is 1. The third-order valence-corrected chi connectivity index (χ3v) is 4.73. The predicted molar refractivity (Wildman–Crippen MR) is 99.6 cm³/mol. The Morgan fingerprint density at radius 1 is 1.29 bits per heavy atom. The molecule has 0 radical (unpaired) electrons. The molecule has 146 valence electrons. The van der Waals surface area contributed by atoms with Gasteiger partial charge >= 0.3 is 0 Å². The summed E-state index contributed by atoms with van der Waals surface area (Å²) >= 11 is 0. The molecule has 0 aromatic heterocycles. The van der Waals surface area contributed by atoms with E-state index in [1.807, 2.05) is 11.9 Å². The van der Waals surface area contributed by atoms with E-state index in [-0.39, 0.29) is 24.0 Å². The van der Waals surface area contributed by atoms with Crippen molar-refractivity contribution in [1.82, 2.24) is 15.1 Å². The second-order valence-electron chi connectivity index (χ2n) is 6.77. The second-order valence-corrected chi connectivity index (χ2v) is 6.77. The summed E-state index contributed by atoms with van der Waals surface area (Å²) in [6, 6.07) is 3.81. The van der Waals surface area contributed by atoms with E-state index in [4.69, 9.17) is 11.2 Å². The average Bonchev–Trinajstić information content (AvgIpc) is 2.91. The zero-order valence-corrected chi connectivity index (χ0v) is 15.6. The van der Waals surface area contributed by atoms with Gasteiger partial charge < -0.3 is 4.74 Å². The fourth-order valence-corrected chi connectivity index (χ4v) is 3.36. The molecule has 1 fully saturated rings. The van der Waals surface area contributed by atoms with Crippen LogP contribution in [-0.2, 0) is 9.59 Å². The third kappa shape index (κ3) is 3.75. The fraction of sp³-hybridized carbons (Fsp3) is 0.400. The molecule has 0 bridgehead atoms. The summed E-state index contributed by atoms with van der Waals surface area (Å²) in [6.45, 7) is 1.62. The Morgan fingerprint density at radius 2 is 2.07 bits per heavy atom. The Kier molecular flexibility index (Phi) is 5.76. The van der Waals surface area contributed by atoms with Crippen molar-refractivity contribution in [2.75, 3.05) is 26.7 Å². The number of benzene rings is 1. The van der Waals surface area contributed by atoms with Gasteiger partial charge in [0.25, 0.3) is 11.8 Å². The average molecular weight is 383 g/mol. The molecule has 1 N–H and O–H groups in total. The van der Waals surface area contributed by atoms with Crippen molar-refractivity contribution < 1.29 is 23.9 Å². The molecule has 0 spiro atoms. The maximum atomic E-state index is 12.9. The van der Waals surface area contributed by atoms with Gasteiger partial charge in [-0.25, -0.2) is 0 Å². The predicted octanol–water partition coefficient (Wildman–Crippen LogP) is 0.422. The highest BCUT2D eigenvalue weighted by Crippen LogP contribution is 2.33. The third-order valence-electron chi connectivity index (χ3n) is 4.73. The first-order valence-electron chi connectivity index (χ1n) is 9.03. The minimum atomic E-state index is -0.990. The molecule has 1 atom stereocenters. The van der Waals surface area contributed by atoms with Crippen molar-refractivity contribution >= 4 is 23.6 Å². The van der Waals surface area contributed by atoms with Gasteiger partial charge in [-0.2, -0.15) is 0 Å². The van der Waals surface area contributed by atoms with Crippen LogP contribution in [0.1, 0.15) is 40.0 Å². The number of nitrogens with zero attached hydrogens (tertiary/aromatic N) is 2. The van der Waals surface area contributed by atoms with E-state index in [0.717, 1.165) is 11.4 Å². The first kappa shape index (κ1) is 19.6. The van der Waals surface area contributed by atoms with Crippen molar-refractivity contribution in [3.63, 3.8) is 0 Å². The molecule has 2 aliphatic rings. The van der Waals surface area contributed by atoms with Crippen LogP contribution in [0.15, 0.2) is 18.2 Å². The molecule has 8 nitrogen and oxygen atoms in total. The number of imide groups is 2. The molecule has 28 heavy (non-hydrogen) atoms. The Hall–Kier alpha value is -3.18. The molecule has 4 amide bonds. The van der Waals surface area contributed by atoms with E-state index < -0.39 is 29.7 Å². The Bertz CT molecular complexity index is 873. The molecule has 1 aromatic carbocycles. The molecule has 0 saturated carbocycles. The first-order valence-corrected chi connectivity index (χ1v) is 9.03. The van der Waals surface area contributed by atoms with Crippen LogP contribution >= 0.6 is 0 Å². The van der Waals surface area contributed by atoms with Crippen molar-refractivity contribution in [3.8, 4) is 18.1 Å². The Labute approximate surface area is 162 Å². The number of piperidine rings is 1. The fourth-order valence-electron chi connectivity index (χ4n) is 3.36. The largest absolute Gasteiger partial charge is 0.493 e. The number of carbonyl (C=O) groups is 4. The number of nitrogens with one attached hydrogen (secondary N) is 1. The number of terminal acetylenes is 1. The van der Waals surface area contributed by atoms with Crippen molar-refractivity contribution in [2.45, 2.75) is 25.3 Å². The zero-order chi connectivity index (χ0) is 20.3. The zero-order valence-electron chi connectivity index (χ0n) is 15.6. The maximum Gasteiger partial charge on any atom is 0.266 e. The lowest BCUT2D eigenvalue weighted by atomic mass is 10.0. The van der Waals surface area contributed by atoms with Crippen LogP contribution in [0.5, 0.6) is 5.75 Å². The van der Waals surface area contributed by atoms with E-state index in [0.29, 0.717) is 25.3 Å². The summed E-state index contributed by atoms with van der Waals surface area (Å²) in [6.07, 6.45) is 6.16. The second kappa shape index (κ2) is 8.23. The van der Waals surface area contributed by atoms with Gasteiger partial charge in [0.05, 0.1) is 24.3 Å². The van der Waals surface area contributed by atoms with Gasteiger partial charge in [0, 0.05) is 13.0 Å². The van der Waals surface area contributed by atoms with Crippen LogP contribution in [0.2, 0.25) is 0 Å². The molecule has 3 rings (SSSR count). The van der Waals surface area contributed by atoms with E-state index in [1.54, 1.807) is 12.1 Å². The van der Waals surface area contributed by atoms with E-state index in [9.17, 15) is 19.2 Å². The summed E-state index contributed by atoms with van der Waals surface area (Å²) in [4.78, 5) is 52.0. The highest BCUT2D eigenvalue weighted by Gasteiger charge is 2.45. The van der Waals surface area contributed by atoms with Crippen LogP contribution in [0, 0.1) is 12.3 Å². The van der Waals surface area contributed by atoms with Gasteiger partial charge in [0.1, 0.15) is 11.8 Å². The van der Waals surface area contributed by atoms with Gasteiger partial charge in [0.2, 0.25) is 11.8 Å². The van der Waals surface area contributed by atoms with Crippen LogP contribution in [-0.4, -0.2) is 66.2 Å². The lowest BCUT2D eigenvalue weighted by molar-refractivity contribution is -0.136. The maximum absolute atomic E-state index is 12.9. The van der Waals surface area contributed by atoms with Crippen LogP contribution in [0.3, 0.4) is 0 Å². The topological polar surface area (TPSA) is 96.0 Å². The summed E-state index contributed by atoms with van der Waals surface area (Å²) in [5.41, 5.74) is 0.367. The molecule has 1 saturated heterocycles. The van der Waals surface area contributed by atoms with Crippen molar-refractivity contribution in [3.05, 3.63) is 29.3 Å². The van der Waals surface area contributed by atoms with Gasteiger partial charge in [-0.05, 0) is 32.0 Å². The summed E-state index contributed by atoms with van der Waals surface area (Å²) in [5, 5.41) is 2.18. The minimum absolute atomic E-state index is 0.0817. The lowest BCUT2D eigenvalue weighted by Crippen LogP contribution is -2.54. The summed E-state index contributed by atoms with van der Waals surface area (Å²) in [7, 11) is 1.90. The molecule has 2 heterocycles. The Morgan fingerprint density at radius 3 is 2.79 bits per heavy atom. The number of hydrogen-bond acceptors (Lipinski definition) is 6. The molecule has 0 aliphatic carbocycles. The SMILES string of the molecule is C#CCN(C)CCCOc1cccc2c1C(=O)N(C1CCC(=O)NC1=O)C2=O. The summed E-state index contributed by atoms with van der Waals surface area (Å²) in [5.74, 6) is 0.705. The smallest absolute Gasteiger partial charge is 0.266 e. The molecular formula is C20H21N3O5. The number of fused-ring (bicyclic) bond motifs is 1. The van der Waals surface area contributed by atoms with Crippen LogP contribution in [0.4, 0.5) is 0 Å². The number of amides is 4. The normalized spacial score (nSPS) is 18.9. The van der Waals surface area contributed by atoms with E-state index in [1.165, 1.54) is 6.07 Å². The highest BCUT2D eigenvalue weighted by molar-refractivity contribution is 6.24. The first-order chi connectivity index (χ1) is 13.4. The van der Waals surface area contributed by atoms with Gasteiger partial charge in [-0.1, -0.05) is 12.0 Å². The number of carbonyl (C=O) groups excluding carboxylic acids is 4. The molecule has 1 aromatic rings. The van der Waals surface area contributed by atoms with Gasteiger partial charge in [0.15, 0.2) is 0 Å². The van der Waals surface area contributed by atoms with Crippen molar-refractivity contribution in [1.29, 1.82) is 0 Å². The highest BCUT2D eigenvalue weighted by atomic mass is 16.5. The quantitative estimate of drug-likeness (QED) is 0.417. The molecule has 8 heteroatoms. The number of rotatable bonds is 7. The van der Waals surface area contributed by atoms with Crippen LogP contribution in [0.25, 0.3) is 0 Å². The molecular weight excluding hydrogens is 362 g/mol.